The predicted molar refractivity (Wildman–Crippen MR) is 86.0 cm³/mol. The molecule has 1 aliphatic rings. The molecule has 1 heterocycles. The van der Waals surface area contributed by atoms with Crippen molar-refractivity contribution in [1.82, 2.24) is 0 Å². The van der Waals surface area contributed by atoms with E-state index in [-0.39, 0.29) is 36.4 Å². The molecule has 3 rings (SSSR count). The molecule has 0 aliphatic carbocycles. The average Bonchev–Trinajstić information content (AvgIpc) is 2.95. The maximum absolute atomic E-state index is 12.8. The summed E-state index contributed by atoms with van der Waals surface area (Å²) in [7, 11) is -4.06. The zero-order valence-electron chi connectivity index (χ0n) is 11.5. The molecule has 0 bridgehead atoms. The Morgan fingerprint density at radius 2 is 1.79 bits per heavy atom. The molecule has 0 amide bonds. The monoisotopic (exact) mass is 408 g/mol. The number of hydrogen-bond donors (Lipinski definition) is 1. The number of rotatable bonds is 3. The molecule has 0 saturated carbocycles. The van der Waals surface area contributed by atoms with E-state index in [0.29, 0.717) is 0 Å². The van der Waals surface area contributed by atoms with Crippen LogP contribution in [-0.2, 0) is 14.6 Å². The fourth-order valence-corrected chi connectivity index (χ4v) is 4.45. The van der Waals surface area contributed by atoms with Crippen LogP contribution in [0.15, 0.2) is 40.1 Å². The summed E-state index contributed by atoms with van der Waals surface area (Å²) in [5, 5.41) is 8.60. The van der Waals surface area contributed by atoms with Gasteiger partial charge in [0.25, 0.3) is 0 Å². The normalized spacial score (nSPS) is 16.2. The third kappa shape index (κ3) is 2.77. The molecule has 10 heteroatoms. The molecule has 2 aromatic carbocycles. The molecule has 1 N–H and O–H groups in total. The third-order valence-electron chi connectivity index (χ3n) is 3.15. The Balaban J connectivity index is 2.16. The fraction of sp³-hybridized carbons (Fsp3) is 0.0714. The Morgan fingerprint density at radius 1 is 1.08 bits per heavy atom. The average molecular weight is 410 g/mol. The summed E-state index contributed by atoms with van der Waals surface area (Å²) >= 11 is 17.9. The zero-order valence-corrected chi connectivity index (χ0v) is 14.6. The lowest BCUT2D eigenvalue weighted by atomic mass is 10.3. The van der Waals surface area contributed by atoms with E-state index < -0.39 is 22.1 Å². The molecule has 1 unspecified atom stereocenters. The van der Waals surface area contributed by atoms with E-state index in [0.717, 1.165) is 6.07 Å². The first-order valence-corrected chi connectivity index (χ1v) is 8.92. The molecule has 0 spiro atoms. The van der Waals surface area contributed by atoms with Crippen molar-refractivity contribution in [1.29, 1.82) is 0 Å². The van der Waals surface area contributed by atoms with Gasteiger partial charge < -0.3 is 14.6 Å². The molecule has 126 valence electrons. The number of carbonyl (C=O) groups is 1. The maximum atomic E-state index is 12.8. The molecule has 1 atom stereocenters. The fourth-order valence-electron chi connectivity index (χ4n) is 2.07. The van der Waals surface area contributed by atoms with E-state index in [1.54, 1.807) is 0 Å². The Morgan fingerprint density at radius 3 is 2.42 bits per heavy atom. The van der Waals surface area contributed by atoms with Crippen molar-refractivity contribution in [2.45, 2.75) is 16.1 Å². The van der Waals surface area contributed by atoms with Gasteiger partial charge in [-0.25, -0.2) is 13.2 Å². The predicted octanol–water partition coefficient (Wildman–Crippen LogP) is 3.66. The lowest BCUT2D eigenvalue weighted by Gasteiger charge is -2.10. The highest BCUT2D eigenvalue weighted by Gasteiger charge is 2.36. The second kappa shape index (κ2) is 6.00. The van der Waals surface area contributed by atoms with Crippen LogP contribution < -0.4 is 9.47 Å². The second-order valence-electron chi connectivity index (χ2n) is 4.70. The van der Waals surface area contributed by atoms with Crippen LogP contribution in [0.5, 0.6) is 11.5 Å². The first kappa shape index (κ1) is 17.2. The second-order valence-corrected chi connectivity index (χ2v) is 7.81. The number of carboxylic acids is 1. The summed E-state index contributed by atoms with van der Waals surface area (Å²) in [6.07, 6.45) is -1.63. The van der Waals surface area contributed by atoms with Gasteiger partial charge in [0, 0.05) is 11.1 Å². The molecule has 2 aromatic rings. The molecule has 1 aliphatic heterocycles. The molecule has 0 saturated heterocycles. The maximum Gasteiger partial charge on any atom is 0.387 e. The highest BCUT2D eigenvalue weighted by atomic mass is 35.5. The number of ether oxygens (including phenoxy) is 2. The van der Waals surface area contributed by atoms with Crippen LogP contribution in [0.25, 0.3) is 0 Å². The van der Waals surface area contributed by atoms with E-state index in [9.17, 15) is 13.2 Å². The lowest BCUT2D eigenvalue weighted by molar-refractivity contribution is -0.154. The number of sulfone groups is 1. The molecule has 0 aromatic heterocycles. The standard InChI is InChI=1S/C14H7Cl3O6S/c15-6-2-1-3-7(4-6)24(20,21)9-5-8-12(11(17)10(9)16)23-14(22-8)13(18)19/h1-5,14H,(H,18,19). The van der Waals surface area contributed by atoms with Crippen molar-refractivity contribution in [3.05, 3.63) is 45.4 Å². The van der Waals surface area contributed by atoms with Crippen molar-refractivity contribution < 1.29 is 27.8 Å². The summed E-state index contributed by atoms with van der Waals surface area (Å²) in [5.41, 5.74) is 0. The Bertz CT molecular complexity index is 957. The van der Waals surface area contributed by atoms with Gasteiger partial charge in [0.2, 0.25) is 9.84 Å². The molecule has 6 nitrogen and oxygen atoms in total. The smallest absolute Gasteiger partial charge is 0.387 e. The molecule has 24 heavy (non-hydrogen) atoms. The molecule has 0 fully saturated rings. The summed E-state index contributed by atoms with van der Waals surface area (Å²) in [6, 6.07) is 6.66. The number of hydrogen-bond acceptors (Lipinski definition) is 5. The topological polar surface area (TPSA) is 89.9 Å². The van der Waals surface area contributed by atoms with Crippen LogP contribution in [0.1, 0.15) is 0 Å². The van der Waals surface area contributed by atoms with Gasteiger partial charge in [-0.1, -0.05) is 40.9 Å². The van der Waals surface area contributed by atoms with Gasteiger partial charge in [0.05, 0.1) is 14.8 Å². The first-order chi connectivity index (χ1) is 11.2. The summed E-state index contributed by atoms with van der Waals surface area (Å²) in [4.78, 5) is 10.5. The number of aliphatic carboxylic acids is 1. The number of fused-ring (bicyclic) bond motifs is 1. The Kier molecular flexibility index (Phi) is 4.29. The number of carboxylic acid groups (broad SMARTS) is 1. The van der Waals surface area contributed by atoms with Crippen LogP contribution >= 0.6 is 34.8 Å². The Labute approximate surface area is 151 Å². The van der Waals surface area contributed by atoms with Crippen molar-refractivity contribution in [2.24, 2.45) is 0 Å². The van der Waals surface area contributed by atoms with Gasteiger partial charge in [0.1, 0.15) is 5.02 Å². The first-order valence-electron chi connectivity index (χ1n) is 6.30. The van der Waals surface area contributed by atoms with Gasteiger partial charge in [-0.05, 0) is 18.2 Å². The van der Waals surface area contributed by atoms with Gasteiger partial charge >= 0.3 is 12.3 Å². The summed E-state index contributed by atoms with van der Waals surface area (Å²) < 4.78 is 35.6. The largest absolute Gasteiger partial charge is 0.476 e. The highest BCUT2D eigenvalue weighted by molar-refractivity contribution is 7.91. The van der Waals surface area contributed by atoms with Crippen LogP contribution in [-0.4, -0.2) is 25.8 Å². The third-order valence-corrected chi connectivity index (χ3v) is 6.12. The van der Waals surface area contributed by atoms with Crippen LogP contribution in [0.4, 0.5) is 0 Å². The van der Waals surface area contributed by atoms with Crippen molar-refractivity contribution in [3.8, 4) is 11.5 Å². The van der Waals surface area contributed by atoms with Crippen molar-refractivity contribution in [3.63, 3.8) is 0 Å². The lowest BCUT2D eigenvalue weighted by Crippen LogP contribution is -2.28. The van der Waals surface area contributed by atoms with Crippen molar-refractivity contribution >= 4 is 50.6 Å². The van der Waals surface area contributed by atoms with E-state index in [1.165, 1.54) is 24.3 Å². The quantitative estimate of drug-likeness (QED) is 0.832. The minimum absolute atomic E-state index is 0.0957. The van der Waals surface area contributed by atoms with Crippen LogP contribution in [0.3, 0.4) is 0 Å². The number of benzene rings is 2. The van der Waals surface area contributed by atoms with E-state index in [1.807, 2.05) is 0 Å². The summed E-state index contributed by atoms with van der Waals surface area (Å²) in [6.45, 7) is 0. The number of halogens is 3. The van der Waals surface area contributed by atoms with Gasteiger partial charge in [-0.3, -0.25) is 0 Å². The SMILES string of the molecule is O=C(O)C1Oc2cc(S(=O)(=O)c3cccc(Cl)c3)c(Cl)c(Cl)c2O1. The van der Waals surface area contributed by atoms with E-state index >= 15 is 0 Å². The van der Waals surface area contributed by atoms with Gasteiger partial charge in [0.15, 0.2) is 11.5 Å². The van der Waals surface area contributed by atoms with E-state index in [4.69, 9.17) is 49.4 Å². The zero-order chi connectivity index (χ0) is 17.6. The molecular formula is C14H7Cl3O6S. The van der Waals surface area contributed by atoms with Crippen LogP contribution in [0, 0.1) is 0 Å². The van der Waals surface area contributed by atoms with E-state index in [2.05, 4.69) is 0 Å². The minimum atomic E-state index is -4.06. The van der Waals surface area contributed by atoms with Gasteiger partial charge in [-0.2, -0.15) is 0 Å². The molecular weight excluding hydrogens is 403 g/mol. The molecule has 0 radical (unpaired) electrons. The Hall–Kier alpha value is -1.67. The minimum Gasteiger partial charge on any atom is -0.476 e. The van der Waals surface area contributed by atoms with Crippen molar-refractivity contribution in [2.75, 3.05) is 0 Å². The van der Waals surface area contributed by atoms with Crippen LogP contribution in [0.2, 0.25) is 15.1 Å². The summed E-state index contributed by atoms with van der Waals surface area (Å²) in [5.74, 6) is -1.64. The van der Waals surface area contributed by atoms with Gasteiger partial charge in [-0.15, -0.1) is 0 Å². The highest BCUT2D eigenvalue weighted by Crippen LogP contribution is 2.48.